The van der Waals surface area contributed by atoms with Crippen molar-refractivity contribution in [1.82, 2.24) is 5.32 Å². The summed E-state index contributed by atoms with van der Waals surface area (Å²) < 4.78 is 12.8. The number of benzene rings is 1. The smallest absolute Gasteiger partial charge is 0.123 e. The van der Waals surface area contributed by atoms with Gasteiger partial charge in [0, 0.05) is 12.2 Å². The number of rotatable bonds is 6. The zero-order valence-corrected chi connectivity index (χ0v) is 12.4. The maximum Gasteiger partial charge on any atom is 0.123 e. The van der Waals surface area contributed by atoms with Crippen LogP contribution in [0.15, 0.2) is 47.7 Å². The molecule has 0 fully saturated rings. The lowest BCUT2D eigenvalue weighted by Crippen LogP contribution is -2.13. The van der Waals surface area contributed by atoms with Gasteiger partial charge in [-0.2, -0.15) is 0 Å². The first-order chi connectivity index (χ1) is 8.90. The fourth-order valence-corrected chi connectivity index (χ4v) is 1.97. The van der Waals surface area contributed by atoms with Gasteiger partial charge in [-0.05, 0) is 49.5 Å². The van der Waals surface area contributed by atoms with Gasteiger partial charge in [-0.25, -0.2) is 4.39 Å². The lowest BCUT2D eigenvalue weighted by Gasteiger charge is -2.14. The molecule has 0 spiro atoms. The van der Waals surface area contributed by atoms with Crippen molar-refractivity contribution < 1.29 is 4.39 Å². The quantitative estimate of drug-likeness (QED) is 0.724. The maximum atomic E-state index is 12.8. The summed E-state index contributed by atoms with van der Waals surface area (Å²) in [6.07, 6.45) is 1.09. The molecule has 19 heavy (non-hydrogen) atoms. The Labute approximate surface area is 116 Å². The van der Waals surface area contributed by atoms with Crippen LogP contribution in [0.1, 0.15) is 39.7 Å². The Morgan fingerprint density at radius 1 is 1.21 bits per heavy atom. The summed E-state index contributed by atoms with van der Waals surface area (Å²) in [5, 5.41) is 3.30. The summed E-state index contributed by atoms with van der Waals surface area (Å²) in [6.45, 7) is 13.4. The third-order valence-corrected chi connectivity index (χ3v) is 3.23. The molecule has 0 saturated carbocycles. The Hall–Kier alpha value is -1.57. The van der Waals surface area contributed by atoms with Crippen LogP contribution in [-0.4, -0.2) is 0 Å². The Morgan fingerprint density at radius 3 is 2.32 bits per heavy atom. The fourth-order valence-electron chi connectivity index (χ4n) is 1.97. The molecule has 0 aromatic heterocycles. The van der Waals surface area contributed by atoms with E-state index >= 15 is 0 Å². The summed E-state index contributed by atoms with van der Waals surface area (Å²) in [5.41, 5.74) is 4.58. The molecule has 1 N–H and O–H groups in total. The van der Waals surface area contributed by atoms with Crippen molar-refractivity contribution in [3.8, 4) is 0 Å². The highest BCUT2D eigenvalue weighted by molar-refractivity contribution is 5.30. The predicted molar refractivity (Wildman–Crippen MR) is 80.2 cm³/mol. The minimum absolute atomic E-state index is 0.202. The molecule has 0 aliphatic rings. The Balaban J connectivity index is 2.57. The van der Waals surface area contributed by atoms with Crippen LogP contribution >= 0.6 is 0 Å². The van der Waals surface area contributed by atoms with E-state index in [1.54, 1.807) is 12.1 Å². The fraction of sp³-hybridized carbons (Fsp3) is 0.412. The molecule has 104 valence electrons. The lowest BCUT2D eigenvalue weighted by atomic mass is 9.99. The van der Waals surface area contributed by atoms with E-state index < -0.39 is 0 Å². The first kappa shape index (κ1) is 15.5. The minimum atomic E-state index is -0.202. The van der Waals surface area contributed by atoms with Crippen LogP contribution in [0.4, 0.5) is 4.39 Å². The Bertz CT molecular complexity index is 455. The van der Waals surface area contributed by atoms with Crippen molar-refractivity contribution in [1.29, 1.82) is 0 Å². The topological polar surface area (TPSA) is 12.0 Å². The predicted octanol–water partition coefficient (Wildman–Crippen LogP) is 4.81. The van der Waals surface area contributed by atoms with E-state index in [9.17, 15) is 4.39 Å². The van der Waals surface area contributed by atoms with E-state index in [1.807, 2.05) is 0 Å². The monoisotopic (exact) mass is 261 g/mol. The molecule has 0 bridgehead atoms. The standard InChI is InChI=1S/C17H24FN/c1-12(2)10-13(3)14(4)15(5)19-11-16-6-8-17(18)9-7-16/h6-9,12,19H,5,10-11H2,1-4H3/b14-13-. The van der Waals surface area contributed by atoms with Crippen molar-refractivity contribution in [2.45, 2.75) is 40.7 Å². The van der Waals surface area contributed by atoms with Gasteiger partial charge >= 0.3 is 0 Å². The van der Waals surface area contributed by atoms with Gasteiger partial charge in [0.15, 0.2) is 0 Å². The van der Waals surface area contributed by atoms with Gasteiger partial charge in [0.1, 0.15) is 5.82 Å². The van der Waals surface area contributed by atoms with E-state index in [0.717, 1.165) is 17.7 Å². The van der Waals surface area contributed by atoms with Crippen molar-refractivity contribution >= 4 is 0 Å². The van der Waals surface area contributed by atoms with E-state index in [2.05, 4.69) is 39.6 Å². The molecule has 0 unspecified atom stereocenters. The SMILES string of the molecule is C=C(NCc1ccc(F)cc1)/C(C)=C(/C)CC(C)C. The first-order valence-electron chi connectivity index (χ1n) is 6.74. The number of halogens is 1. The summed E-state index contributed by atoms with van der Waals surface area (Å²) >= 11 is 0. The molecule has 1 aromatic rings. The molecule has 2 heteroatoms. The zero-order chi connectivity index (χ0) is 14.4. The molecule has 0 aliphatic carbocycles. The number of nitrogens with one attached hydrogen (secondary N) is 1. The van der Waals surface area contributed by atoms with E-state index in [0.29, 0.717) is 12.5 Å². The highest BCUT2D eigenvalue weighted by Gasteiger charge is 2.04. The molecule has 0 radical (unpaired) electrons. The van der Waals surface area contributed by atoms with Crippen LogP contribution in [0.25, 0.3) is 0 Å². The highest BCUT2D eigenvalue weighted by Crippen LogP contribution is 2.18. The lowest BCUT2D eigenvalue weighted by molar-refractivity contribution is 0.626. The van der Waals surface area contributed by atoms with Gasteiger partial charge in [0.25, 0.3) is 0 Å². The summed E-state index contributed by atoms with van der Waals surface area (Å²) in [4.78, 5) is 0. The maximum absolute atomic E-state index is 12.8. The van der Waals surface area contributed by atoms with Gasteiger partial charge < -0.3 is 5.32 Å². The molecule has 0 amide bonds. The average Bonchev–Trinajstić information content (AvgIpc) is 2.36. The van der Waals surface area contributed by atoms with Crippen LogP contribution in [0.3, 0.4) is 0 Å². The molecule has 0 saturated heterocycles. The van der Waals surface area contributed by atoms with Crippen molar-refractivity contribution in [2.24, 2.45) is 5.92 Å². The first-order valence-corrected chi connectivity index (χ1v) is 6.74. The second kappa shape index (κ2) is 7.13. The van der Waals surface area contributed by atoms with Crippen LogP contribution < -0.4 is 5.32 Å². The molecule has 0 aliphatic heterocycles. The van der Waals surface area contributed by atoms with Crippen molar-refractivity contribution in [3.05, 3.63) is 59.1 Å². The third kappa shape index (κ3) is 5.29. The molecular weight excluding hydrogens is 237 g/mol. The normalized spacial score (nSPS) is 12.3. The van der Waals surface area contributed by atoms with Gasteiger partial charge in [0.05, 0.1) is 0 Å². The van der Waals surface area contributed by atoms with Gasteiger partial charge in [-0.15, -0.1) is 0 Å². The molecule has 1 aromatic carbocycles. The number of hydrogen-bond donors (Lipinski definition) is 1. The van der Waals surface area contributed by atoms with Gasteiger partial charge in [-0.3, -0.25) is 0 Å². The summed E-state index contributed by atoms with van der Waals surface area (Å²) in [7, 11) is 0. The summed E-state index contributed by atoms with van der Waals surface area (Å²) in [6, 6.07) is 6.53. The average molecular weight is 261 g/mol. The number of allylic oxidation sites excluding steroid dienone is 2. The minimum Gasteiger partial charge on any atom is -0.381 e. The Kier molecular flexibility index (Phi) is 5.81. The highest BCUT2D eigenvalue weighted by atomic mass is 19.1. The molecular formula is C17H24FN. The van der Waals surface area contributed by atoms with E-state index in [-0.39, 0.29) is 5.82 Å². The van der Waals surface area contributed by atoms with E-state index in [1.165, 1.54) is 23.3 Å². The van der Waals surface area contributed by atoms with E-state index in [4.69, 9.17) is 0 Å². The van der Waals surface area contributed by atoms with Crippen molar-refractivity contribution in [2.75, 3.05) is 0 Å². The van der Waals surface area contributed by atoms with Crippen LogP contribution in [0, 0.1) is 11.7 Å². The summed E-state index contributed by atoms with van der Waals surface area (Å²) in [5.74, 6) is 0.450. The third-order valence-electron chi connectivity index (χ3n) is 3.23. The molecule has 0 heterocycles. The molecule has 0 atom stereocenters. The van der Waals surface area contributed by atoms with Crippen molar-refractivity contribution in [3.63, 3.8) is 0 Å². The van der Waals surface area contributed by atoms with Crippen LogP contribution in [0.5, 0.6) is 0 Å². The second-order valence-electron chi connectivity index (χ2n) is 5.46. The van der Waals surface area contributed by atoms with Gasteiger partial charge in [0.2, 0.25) is 0 Å². The molecule has 1 rings (SSSR count). The van der Waals surface area contributed by atoms with Crippen LogP contribution in [0.2, 0.25) is 0 Å². The van der Waals surface area contributed by atoms with Gasteiger partial charge in [-0.1, -0.05) is 38.1 Å². The Morgan fingerprint density at radius 2 is 1.79 bits per heavy atom. The zero-order valence-electron chi connectivity index (χ0n) is 12.4. The van der Waals surface area contributed by atoms with Crippen LogP contribution in [-0.2, 0) is 6.54 Å². The molecule has 1 nitrogen and oxygen atoms in total. The number of hydrogen-bond acceptors (Lipinski definition) is 1. The largest absolute Gasteiger partial charge is 0.381 e. The second-order valence-corrected chi connectivity index (χ2v) is 5.46.